The predicted octanol–water partition coefficient (Wildman–Crippen LogP) is 3.03. The van der Waals surface area contributed by atoms with Crippen LogP contribution < -0.4 is 4.74 Å². The van der Waals surface area contributed by atoms with Gasteiger partial charge in [-0.2, -0.15) is 0 Å². The molecule has 0 radical (unpaired) electrons. The van der Waals surface area contributed by atoms with E-state index >= 15 is 0 Å². The quantitative estimate of drug-likeness (QED) is 0.621. The molecule has 88 valence electrons. The van der Waals surface area contributed by atoms with Crippen LogP contribution in [0.2, 0.25) is 5.02 Å². The molecule has 0 aliphatic carbocycles. The van der Waals surface area contributed by atoms with Crippen LogP contribution in [-0.4, -0.2) is 15.6 Å². The molecule has 4 nitrogen and oxygen atoms in total. The van der Waals surface area contributed by atoms with Gasteiger partial charge in [0.25, 0.3) is 0 Å². The second-order valence-corrected chi connectivity index (χ2v) is 4.65. The van der Waals surface area contributed by atoms with Crippen molar-refractivity contribution in [3.63, 3.8) is 0 Å². The van der Waals surface area contributed by atoms with E-state index in [1.165, 1.54) is 0 Å². The van der Waals surface area contributed by atoms with Crippen LogP contribution in [0.5, 0.6) is 5.75 Å². The van der Waals surface area contributed by atoms with Crippen molar-refractivity contribution in [1.29, 1.82) is 0 Å². The number of hydrogen-bond donors (Lipinski definition) is 0. The molecule has 0 amide bonds. The SMILES string of the molecule is Cc1cc(OC(=O)c2snnc2C)ccc1Cl. The Kier molecular flexibility index (Phi) is 3.40. The number of hydrogen-bond acceptors (Lipinski definition) is 5. The number of halogens is 1. The minimum absolute atomic E-state index is 0.414. The smallest absolute Gasteiger partial charge is 0.357 e. The van der Waals surface area contributed by atoms with Gasteiger partial charge in [0.15, 0.2) is 4.88 Å². The van der Waals surface area contributed by atoms with E-state index in [2.05, 4.69) is 9.59 Å². The van der Waals surface area contributed by atoms with Crippen molar-refractivity contribution in [2.24, 2.45) is 0 Å². The fourth-order valence-electron chi connectivity index (χ4n) is 1.25. The summed E-state index contributed by atoms with van der Waals surface area (Å²) in [5.74, 6) is 0.0175. The lowest BCUT2D eigenvalue weighted by Crippen LogP contribution is -2.08. The van der Waals surface area contributed by atoms with Gasteiger partial charge in [0.1, 0.15) is 5.75 Å². The molecular formula is C11H9ClN2O2S. The Morgan fingerprint density at radius 2 is 2.18 bits per heavy atom. The molecule has 0 fully saturated rings. The highest BCUT2D eigenvalue weighted by atomic mass is 35.5. The summed E-state index contributed by atoms with van der Waals surface area (Å²) in [6.45, 7) is 3.56. The molecule has 0 aliphatic rings. The first-order valence-electron chi connectivity index (χ1n) is 4.85. The Labute approximate surface area is 107 Å². The van der Waals surface area contributed by atoms with Crippen molar-refractivity contribution in [2.45, 2.75) is 13.8 Å². The Morgan fingerprint density at radius 1 is 1.41 bits per heavy atom. The number of aryl methyl sites for hydroxylation is 2. The molecule has 1 aromatic heterocycles. The molecule has 0 unspecified atom stereocenters. The second-order valence-electron chi connectivity index (χ2n) is 3.49. The zero-order valence-corrected chi connectivity index (χ0v) is 10.8. The standard InChI is InChI=1S/C11H9ClN2O2S/c1-6-5-8(3-4-9(6)12)16-11(15)10-7(2)13-14-17-10/h3-5H,1-2H3. The van der Waals surface area contributed by atoms with Crippen LogP contribution in [-0.2, 0) is 0 Å². The Hall–Kier alpha value is -1.46. The van der Waals surface area contributed by atoms with Gasteiger partial charge in [-0.05, 0) is 49.1 Å². The van der Waals surface area contributed by atoms with Gasteiger partial charge in [0.05, 0.1) is 5.69 Å². The van der Waals surface area contributed by atoms with E-state index < -0.39 is 5.97 Å². The molecule has 1 heterocycles. The summed E-state index contributed by atoms with van der Waals surface area (Å²) >= 11 is 6.91. The largest absolute Gasteiger partial charge is 0.422 e. The van der Waals surface area contributed by atoms with Gasteiger partial charge >= 0.3 is 5.97 Å². The molecular weight excluding hydrogens is 260 g/mol. The third-order valence-electron chi connectivity index (χ3n) is 2.18. The highest BCUT2D eigenvalue weighted by Gasteiger charge is 2.15. The summed E-state index contributed by atoms with van der Waals surface area (Å²) in [6, 6.07) is 5.05. The Bertz CT molecular complexity index is 568. The van der Waals surface area contributed by atoms with E-state index in [1.54, 1.807) is 25.1 Å². The second kappa shape index (κ2) is 4.81. The average Bonchev–Trinajstić information content (AvgIpc) is 2.70. The molecule has 0 saturated heterocycles. The maximum Gasteiger partial charge on any atom is 0.357 e. The first kappa shape index (κ1) is 12.0. The molecule has 0 atom stereocenters. The summed E-state index contributed by atoms with van der Waals surface area (Å²) in [6.07, 6.45) is 0. The molecule has 0 N–H and O–H groups in total. The number of benzene rings is 1. The fourth-order valence-corrected chi connectivity index (χ4v) is 1.90. The van der Waals surface area contributed by atoms with Gasteiger partial charge < -0.3 is 4.74 Å². The van der Waals surface area contributed by atoms with Crippen molar-refractivity contribution in [3.8, 4) is 5.75 Å². The van der Waals surface area contributed by atoms with Gasteiger partial charge in [0.2, 0.25) is 0 Å². The van der Waals surface area contributed by atoms with Crippen LogP contribution in [0.4, 0.5) is 0 Å². The first-order chi connectivity index (χ1) is 8.08. The number of esters is 1. The van der Waals surface area contributed by atoms with E-state index in [-0.39, 0.29) is 0 Å². The number of aromatic nitrogens is 2. The maximum absolute atomic E-state index is 11.8. The normalized spacial score (nSPS) is 10.3. The summed E-state index contributed by atoms with van der Waals surface area (Å²) in [7, 11) is 0. The molecule has 1 aromatic carbocycles. The molecule has 2 rings (SSSR count). The zero-order valence-electron chi connectivity index (χ0n) is 9.23. The minimum atomic E-state index is -0.445. The summed E-state index contributed by atoms with van der Waals surface area (Å²) < 4.78 is 8.89. The van der Waals surface area contributed by atoms with E-state index in [4.69, 9.17) is 16.3 Å². The monoisotopic (exact) mass is 268 g/mol. The number of nitrogens with zero attached hydrogens (tertiary/aromatic N) is 2. The molecule has 0 aliphatic heterocycles. The summed E-state index contributed by atoms with van der Waals surface area (Å²) in [5, 5.41) is 4.40. The highest BCUT2D eigenvalue weighted by Crippen LogP contribution is 2.22. The van der Waals surface area contributed by atoms with E-state index in [0.29, 0.717) is 21.3 Å². The third-order valence-corrected chi connectivity index (χ3v) is 3.41. The predicted molar refractivity (Wildman–Crippen MR) is 65.8 cm³/mol. The maximum atomic E-state index is 11.8. The van der Waals surface area contributed by atoms with Crippen LogP contribution in [0.15, 0.2) is 18.2 Å². The Balaban J connectivity index is 2.19. The average molecular weight is 269 g/mol. The lowest BCUT2D eigenvalue weighted by Gasteiger charge is -2.04. The van der Waals surface area contributed by atoms with E-state index in [1.807, 2.05) is 6.92 Å². The minimum Gasteiger partial charge on any atom is -0.422 e. The Morgan fingerprint density at radius 3 is 2.76 bits per heavy atom. The first-order valence-corrected chi connectivity index (χ1v) is 6.00. The number of carbonyl (C=O) groups is 1. The summed E-state index contributed by atoms with van der Waals surface area (Å²) in [5.41, 5.74) is 1.43. The zero-order chi connectivity index (χ0) is 12.4. The molecule has 17 heavy (non-hydrogen) atoms. The molecule has 6 heteroatoms. The number of ether oxygens (including phenoxy) is 1. The van der Waals surface area contributed by atoms with Crippen molar-refractivity contribution >= 4 is 29.1 Å². The third kappa shape index (κ3) is 2.62. The van der Waals surface area contributed by atoms with Crippen LogP contribution in [0.3, 0.4) is 0 Å². The highest BCUT2D eigenvalue weighted by molar-refractivity contribution is 7.07. The fraction of sp³-hybridized carbons (Fsp3) is 0.182. The van der Waals surface area contributed by atoms with Gasteiger partial charge in [-0.15, -0.1) is 5.10 Å². The van der Waals surface area contributed by atoms with Crippen LogP contribution >= 0.6 is 23.1 Å². The lowest BCUT2D eigenvalue weighted by atomic mass is 10.2. The van der Waals surface area contributed by atoms with Crippen LogP contribution in [0, 0.1) is 13.8 Å². The molecule has 0 saturated carbocycles. The van der Waals surface area contributed by atoms with Crippen molar-refractivity contribution < 1.29 is 9.53 Å². The van der Waals surface area contributed by atoms with E-state index in [9.17, 15) is 4.79 Å². The number of rotatable bonds is 2. The van der Waals surface area contributed by atoms with Gasteiger partial charge in [-0.1, -0.05) is 16.1 Å². The van der Waals surface area contributed by atoms with Crippen molar-refractivity contribution in [2.75, 3.05) is 0 Å². The molecule has 2 aromatic rings. The topological polar surface area (TPSA) is 52.1 Å². The van der Waals surface area contributed by atoms with Crippen LogP contribution in [0.1, 0.15) is 20.9 Å². The summed E-state index contributed by atoms with van der Waals surface area (Å²) in [4.78, 5) is 12.2. The van der Waals surface area contributed by atoms with Gasteiger partial charge in [-0.3, -0.25) is 0 Å². The van der Waals surface area contributed by atoms with Crippen LogP contribution in [0.25, 0.3) is 0 Å². The van der Waals surface area contributed by atoms with Crippen molar-refractivity contribution in [3.05, 3.63) is 39.4 Å². The molecule has 0 bridgehead atoms. The van der Waals surface area contributed by atoms with Gasteiger partial charge in [0, 0.05) is 5.02 Å². The van der Waals surface area contributed by atoms with Gasteiger partial charge in [-0.25, -0.2) is 4.79 Å². The van der Waals surface area contributed by atoms with E-state index in [0.717, 1.165) is 17.1 Å². The lowest BCUT2D eigenvalue weighted by molar-refractivity contribution is 0.0739. The van der Waals surface area contributed by atoms with Crippen molar-refractivity contribution in [1.82, 2.24) is 9.59 Å². The molecule has 0 spiro atoms. The number of carbonyl (C=O) groups excluding carboxylic acids is 1.